The molecule has 0 radical (unpaired) electrons. The van der Waals surface area contributed by atoms with Gasteiger partial charge in [-0.05, 0) is 31.2 Å². The summed E-state index contributed by atoms with van der Waals surface area (Å²) in [5, 5.41) is 7.36. The molecule has 2 atom stereocenters. The summed E-state index contributed by atoms with van der Waals surface area (Å²) in [4.78, 5) is 17.2. The number of urea groups is 1. The maximum atomic E-state index is 12.7. The van der Waals surface area contributed by atoms with Crippen molar-refractivity contribution < 1.29 is 9.53 Å². The zero-order chi connectivity index (χ0) is 17.5. The number of carbonyl (C=O) groups excluding carboxylic acids is 1. The van der Waals surface area contributed by atoms with E-state index in [1.807, 2.05) is 16.9 Å². The van der Waals surface area contributed by atoms with Crippen LogP contribution in [0.1, 0.15) is 26.2 Å². The molecule has 2 aliphatic heterocycles. The first kappa shape index (κ1) is 18.2. The number of amides is 2. The summed E-state index contributed by atoms with van der Waals surface area (Å²) < 4.78 is 7.35. The molecule has 3 heterocycles. The Morgan fingerprint density at radius 3 is 2.92 bits per heavy atom. The second kappa shape index (κ2) is 9.20. The first-order valence-electron chi connectivity index (χ1n) is 9.54. The van der Waals surface area contributed by atoms with Gasteiger partial charge in [-0.2, -0.15) is 5.10 Å². The molecule has 2 aliphatic rings. The molecule has 0 bridgehead atoms. The van der Waals surface area contributed by atoms with Crippen molar-refractivity contribution in [3.8, 4) is 0 Å². The van der Waals surface area contributed by atoms with Crippen LogP contribution in [-0.4, -0.2) is 77.6 Å². The summed E-state index contributed by atoms with van der Waals surface area (Å²) in [7, 11) is 0. The van der Waals surface area contributed by atoms with Gasteiger partial charge in [-0.25, -0.2) is 4.79 Å². The molecule has 0 aliphatic carbocycles. The number of morpholine rings is 1. The molecule has 2 amide bonds. The van der Waals surface area contributed by atoms with E-state index in [4.69, 9.17) is 4.74 Å². The van der Waals surface area contributed by atoms with Crippen LogP contribution in [-0.2, 0) is 11.3 Å². The van der Waals surface area contributed by atoms with Crippen molar-refractivity contribution >= 4 is 6.03 Å². The van der Waals surface area contributed by atoms with Gasteiger partial charge in [-0.15, -0.1) is 0 Å². The fraction of sp³-hybridized carbons (Fsp3) is 0.778. The Bertz CT molecular complexity index is 516. The van der Waals surface area contributed by atoms with Crippen molar-refractivity contribution in [3.63, 3.8) is 0 Å². The van der Waals surface area contributed by atoms with Crippen LogP contribution in [0.25, 0.3) is 0 Å². The van der Waals surface area contributed by atoms with E-state index in [2.05, 4.69) is 27.1 Å². The van der Waals surface area contributed by atoms with Crippen LogP contribution in [0.4, 0.5) is 4.79 Å². The van der Waals surface area contributed by atoms with Crippen molar-refractivity contribution in [2.45, 2.75) is 38.8 Å². The van der Waals surface area contributed by atoms with Crippen molar-refractivity contribution in [3.05, 3.63) is 18.5 Å². The van der Waals surface area contributed by atoms with Gasteiger partial charge < -0.3 is 15.0 Å². The van der Waals surface area contributed by atoms with E-state index in [9.17, 15) is 4.79 Å². The zero-order valence-electron chi connectivity index (χ0n) is 15.3. The Kier molecular flexibility index (Phi) is 6.69. The highest BCUT2D eigenvalue weighted by molar-refractivity contribution is 5.74. The second-order valence-corrected chi connectivity index (χ2v) is 7.28. The van der Waals surface area contributed by atoms with Crippen molar-refractivity contribution in [2.75, 3.05) is 45.9 Å². The maximum Gasteiger partial charge on any atom is 0.317 e. The minimum atomic E-state index is 0.0882. The molecule has 0 aromatic carbocycles. The molecule has 3 rings (SSSR count). The van der Waals surface area contributed by atoms with E-state index in [1.54, 1.807) is 6.20 Å². The fourth-order valence-corrected chi connectivity index (χ4v) is 3.69. The molecule has 1 aromatic heterocycles. The molecule has 0 saturated carbocycles. The number of hydrogen-bond donors (Lipinski definition) is 1. The van der Waals surface area contributed by atoms with Crippen LogP contribution < -0.4 is 5.32 Å². The number of carbonyl (C=O) groups is 1. The van der Waals surface area contributed by atoms with Crippen LogP contribution in [0, 0.1) is 5.92 Å². The number of aromatic nitrogens is 2. The predicted octanol–water partition coefficient (Wildman–Crippen LogP) is 1.42. The molecule has 0 unspecified atom stereocenters. The van der Waals surface area contributed by atoms with Crippen molar-refractivity contribution in [1.29, 1.82) is 0 Å². The third-order valence-electron chi connectivity index (χ3n) is 5.12. The smallest absolute Gasteiger partial charge is 0.317 e. The van der Waals surface area contributed by atoms with Gasteiger partial charge >= 0.3 is 6.03 Å². The van der Waals surface area contributed by atoms with E-state index < -0.39 is 0 Å². The van der Waals surface area contributed by atoms with Crippen LogP contribution in [0.3, 0.4) is 0 Å². The van der Waals surface area contributed by atoms with Crippen molar-refractivity contribution in [1.82, 2.24) is 24.9 Å². The molecule has 7 nitrogen and oxygen atoms in total. The predicted molar refractivity (Wildman–Crippen MR) is 96.4 cm³/mol. The Balaban J connectivity index is 1.46. The van der Waals surface area contributed by atoms with Crippen molar-refractivity contribution in [2.24, 2.45) is 5.92 Å². The fourth-order valence-electron chi connectivity index (χ4n) is 3.69. The third kappa shape index (κ3) is 5.44. The maximum absolute atomic E-state index is 12.7. The van der Waals surface area contributed by atoms with Gasteiger partial charge in [0.25, 0.3) is 0 Å². The van der Waals surface area contributed by atoms with Gasteiger partial charge in [0.15, 0.2) is 0 Å². The quantitative estimate of drug-likeness (QED) is 0.844. The highest BCUT2D eigenvalue weighted by Gasteiger charge is 2.28. The Hall–Kier alpha value is -1.60. The van der Waals surface area contributed by atoms with Crippen LogP contribution >= 0.6 is 0 Å². The molecule has 1 N–H and O–H groups in total. The number of nitrogens with one attached hydrogen (secondary N) is 1. The molecule has 1 aromatic rings. The van der Waals surface area contributed by atoms with Crippen LogP contribution in [0.2, 0.25) is 0 Å². The van der Waals surface area contributed by atoms with Gasteiger partial charge in [-0.3, -0.25) is 9.58 Å². The highest BCUT2D eigenvalue weighted by Crippen LogP contribution is 2.18. The van der Waals surface area contributed by atoms with E-state index in [0.29, 0.717) is 18.5 Å². The third-order valence-corrected chi connectivity index (χ3v) is 5.12. The second-order valence-electron chi connectivity index (χ2n) is 7.28. The zero-order valence-corrected chi connectivity index (χ0v) is 15.3. The first-order chi connectivity index (χ1) is 12.2. The number of nitrogens with zero attached hydrogens (tertiary/aromatic N) is 4. The lowest BCUT2D eigenvalue weighted by molar-refractivity contribution is 0.0221. The lowest BCUT2D eigenvalue weighted by Gasteiger charge is -2.39. The minimum Gasteiger partial charge on any atom is -0.379 e. The number of rotatable bonds is 6. The first-order valence-corrected chi connectivity index (χ1v) is 9.54. The average Bonchev–Trinajstić information content (AvgIpc) is 3.14. The summed E-state index contributed by atoms with van der Waals surface area (Å²) in [5.74, 6) is 0.353. The van der Waals surface area contributed by atoms with Crippen LogP contribution in [0.15, 0.2) is 18.5 Å². The lowest BCUT2D eigenvalue weighted by atomic mass is 10.0. The molecule has 2 fully saturated rings. The molecular formula is C18H31N5O2. The molecular weight excluding hydrogens is 318 g/mol. The van der Waals surface area contributed by atoms with Gasteiger partial charge in [0.05, 0.1) is 13.2 Å². The summed E-state index contributed by atoms with van der Waals surface area (Å²) in [6, 6.07) is 2.34. The average molecular weight is 349 g/mol. The number of likely N-dealkylation sites (tertiary alicyclic amines) is 1. The SMILES string of the molecule is C[C@@H](CNC(=O)N1CCCC[C@H]1CN1CCOCC1)Cn1cccn1. The number of piperidine rings is 1. The number of ether oxygens (including phenoxy) is 1. The van der Waals surface area contributed by atoms with E-state index in [1.165, 1.54) is 6.42 Å². The molecule has 0 spiro atoms. The van der Waals surface area contributed by atoms with Gasteiger partial charge in [-0.1, -0.05) is 6.92 Å². The van der Waals surface area contributed by atoms with E-state index in [0.717, 1.165) is 58.8 Å². The summed E-state index contributed by atoms with van der Waals surface area (Å²) in [6.07, 6.45) is 7.18. The lowest BCUT2D eigenvalue weighted by Crippen LogP contribution is -2.54. The Labute approximate surface area is 150 Å². The summed E-state index contributed by atoms with van der Waals surface area (Å²) in [6.45, 7) is 9.06. The van der Waals surface area contributed by atoms with Gasteiger partial charge in [0, 0.05) is 57.7 Å². The highest BCUT2D eigenvalue weighted by atomic mass is 16.5. The van der Waals surface area contributed by atoms with Crippen LogP contribution in [0.5, 0.6) is 0 Å². The topological polar surface area (TPSA) is 62.6 Å². The van der Waals surface area contributed by atoms with Gasteiger partial charge in [0.1, 0.15) is 0 Å². The molecule has 2 saturated heterocycles. The monoisotopic (exact) mass is 349 g/mol. The van der Waals surface area contributed by atoms with E-state index >= 15 is 0 Å². The molecule has 25 heavy (non-hydrogen) atoms. The van der Waals surface area contributed by atoms with E-state index in [-0.39, 0.29) is 6.03 Å². The largest absolute Gasteiger partial charge is 0.379 e. The van der Waals surface area contributed by atoms with Gasteiger partial charge in [0.2, 0.25) is 0 Å². The standard InChI is InChI=1S/C18H31N5O2/c1-16(14-22-7-4-6-20-22)13-19-18(24)23-8-3-2-5-17(23)15-21-9-11-25-12-10-21/h4,6-7,16-17H,2-3,5,8-15H2,1H3,(H,19,24)/t16-,17-/m0/s1. The molecule has 140 valence electrons. The number of hydrogen-bond acceptors (Lipinski definition) is 4. The Morgan fingerprint density at radius 2 is 2.16 bits per heavy atom. The molecule has 7 heteroatoms. The summed E-state index contributed by atoms with van der Waals surface area (Å²) in [5.41, 5.74) is 0. The Morgan fingerprint density at radius 1 is 1.32 bits per heavy atom. The normalized spacial score (nSPS) is 23.4. The summed E-state index contributed by atoms with van der Waals surface area (Å²) >= 11 is 0. The minimum absolute atomic E-state index is 0.0882.